The molecule has 0 radical (unpaired) electrons. The molecule has 0 unspecified atom stereocenters. The lowest BCUT2D eigenvalue weighted by molar-refractivity contribution is 0.101. The quantitative estimate of drug-likeness (QED) is 0.406. The summed E-state index contributed by atoms with van der Waals surface area (Å²) in [5, 5.41) is 3.28. The number of nitrogens with two attached hydrogens (primary N) is 1. The number of fused-ring (bicyclic) bond motifs is 1. The van der Waals surface area contributed by atoms with E-state index in [9.17, 15) is 13.6 Å². The van der Waals surface area contributed by atoms with Crippen molar-refractivity contribution < 1.29 is 18.3 Å². The summed E-state index contributed by atoms with van der Waals surface area (Å²) in [5.41, 5.74) is 8.34. The summed E-state index contributed by atoms with van der Waals surface area (Å²) in [6.45, 7) is 3.04. The monoisotopic (exact) mass is 449 g/mol. The number of carbonyl (C=O) groups is 1. The number of nitrogen functional groups attached to an aromatic ring is 1. The van der Waals surface area contributed by atoms with Crippen LogP contribution in [0.1, 0.15) is 10.4 Å². The topological polar surface area (TPSA) is 96.3 Å². The lowest BCUT2D eigenvalue weighted by Crippen LogP contribution is -2.36. The zero-order valence-electron chi connectivity index (χ0n) is 17.6. The number of morpholine rings is 1. The third kappa shape index (κ3) is 3.98. The number of benzene rings is 2. The molecule has 4 N–H and O–H groups in total. The Morgan fingerprint density at radius 3 is 2.79 bits per heavy atom. The Morgan fingerprint density at radius 1 is 1.15 bits per heavy atom. The Labute approximate surface area is 188 Å². The Kier molecular flexibility index (Phi) is 5.39. The Balaban J connectivity index is 1.47. The fourth-order valence-corrected chi connectivity index (χ4v) is 3.97. The molecule has 168 valence electrons. The molecule has 0 bridgehead atoms. The van der Waals surface area contributed by atoms with Crippen molar-refractivity contribution in [3.63, 3.8) is 0 Å². The SMILES string of the molecule is Nc1ccc(F)c(C(=O)Nc2cnc3[nH]cc(-c4cccc(N5CCOCC5)c4)c3c2)c1F. The maximum Gasteiger partial charge on any atom is 0.261 e. The molecule has 2 aromatic heterocycles. The number of hydrogen-bond acceptors (Lipinski definition) is 5. The first kappa shape index (κ1) is 20.9. The van der Waals surface area contributed by atoms with Crippen LogP contribution in [0.25, 0.3) is 22.2 Å². The first-order valence-electron chi connectivity index (χ1n) is 10.5. The number of ether oxygens (including phenoxy) is 1. The molecule has 0 atom stereocenters. The largest absolute Gasteiger partial charge is 0.396 e. The number of pyridine rings is 1. The number of halogens is 2. The van der Waals surface area contributed by atoms with Gasteiger partial charge >= 0.3 is 0 Å². The van der Waals surface area contributed by atoms with Crippen LogP contribution in [0.4, 0.5) is 25.8 Å². The molecule has 7 nitrogen and oxygen atoms in total. The number of H-pyrrole nitrogens is 1. The van der Waals surface area contributed by atoms with Crippen molar-refractivity contribution in [2.45, 2.75) is 0 Å². The Morgan fingerprint density at radius 2 is 1.97 bits per heavy atom. The normalized spacial score (nSPS) is 13.9. The van der Waals surface area contributed by atoms with Crippen LogP contribution in [-0.2, 0) is 4.74 Å². The molecule has 2 aromatic carbocycles. The van der Waals surface area contributed by atoms with E-state index in [1.807, 2.05) is 18.3 Å². The van der Waals surface area contributed by atoms with Crippen LogP contribution < -0.4 is 16.0 Å². The minimum atomic E-state index is -1.09. The number of nitrogens with zero attached hydrogens (tertiary/aromatic N) is 2. The van der Waals surface area contributed by atoms with E-state index in [-0.39, 0.29) is 5.69 Å². The molecular weight excluding hydrogens is 428 g/mol. The van der Waals surface area contributed by atoms with E-state index < -0.39 is 23.1 Å². The molecule has 33 heavy (non-hydrogen) atoms. The van der Waals surface area contributed by atoms with Crippen LogP contribution in [0.15, 0.2) is 54.9 Å². The predicted molar refractivity (Wildman–Crippen MR) is 123 cm³/mol. The highest BCUT2D eigenvalue weighted by molar-refractivity contribution is 6.06. The van der Waals surface area contributed by atoms with Gasteiger partial charge in [0.1, 0.15) is 17.0 Å². The fourth-order valence-electron chi connectivity index (χ4n) is 3.97. The second-order valence-electron chi connectivity index (χ2n) is 7.75. The predicted octanol–water partition coefficient (Wildman–Crippen LogP) is 4.18. The second-order valence-corrected chi connectivity index (χ2v) is 7.75. The molecule has 1 fully saturated rings. The van der Waals surface area contributed by atoms with Crippen molar-refractivity contribution >= 4 is 34.0 Å². The highest BCUT2D eigenvalue weighted by Gasteiger charge is 2.20. The summed E-state index contributed by atoms with van der Waals surface area (Å²) in [7, 11) is 0. The van der Waals surface area contributed by atoms with Crippen LogP contribution in [0.3, 0.4) is 0 Å². The number of aromatic nitrogens is 2. The molecule has 1 amide bonds. The van der Waals surface area contributed by atoms with Crippen LogP contribution in [-0.4, -0.2) is 42.2 Å². The summed E-state index contributed by atoms with van der Waals surface area (Å²) in [4.78, 5) is 22.3. The van der Waals surface area contributed by atoms with Crippen molar-refractivity contribution in [2.24, 2.45) is 0 Å². The van der Waals surface area contributed by atoms with Crippen molar-refractivity contribution in [2.75, 3.05) is 42.3 Å². The van der Waals surface area contributed by atoms with E-state index in [1.54, 1.807) is 6.07 Å². The van der Waals surface area contributed by atoms with Gasteiger partial charge in [0.2, 0.25) is 0 Å². The third-order valence-electron chi connectivity index (χ3n) is 5.67. The van der Waals surface area contributed by atoms with Gasteiger partial charge in [0.25, 0.3) is 5.91 Å². The van der Waals surface area contributed by atoms with Gasteiger partial charge in [0.15, 0.2) is 5.82 Å². The van der Waals surface area contributed by atoms with Gasteiger partial charge in [0.05, 0.1) is 30.8 Å². The molecule has 0 spiro atoms. The molecule has 1 aliphatic rings. The maximum atomic E-state index is 14.2. The third-order valence-corrected chi connectivity index (χ3v) is 5.67. The van der Waals surface area contributed by atoms with Crippen molar-refractivity contribution in [1.29, 1.82) is 0 Å². The summed E-state index contributed by atoms with van der Waals surface area (Å²) >= 11 is 0. The smallest absolute Gasteiger partial charge is 0.261 e. The number of carbonyl (C=O) groups excluding carboxylic acids is 1. The Hall–Kier alpha value is -3.98. The van der Waals surface area contributed by atoms with Gasteiger partial charge in [0, 0.05) is 35.9 Å². The fraction of sp³-hybridized carbons (Fsp3) is 0.167. The Bertz CT molecular complexity index is 1350. The van der Waals surface area contributed by atoms with E-state index in [0.29, 0.717) is 24.5 Å². The molecule has 1 saturated heterocycles. The molecule has 5 rings (SSSR count). The number of aromatic amines is 1. The lowest BCUT2D eigenvalue weighted by Gasteiger charge is -2.29. The minimum absolute atomic E-state index is 0.303. The summed E-state index contributed by atoms with van der Waals surface area (Å²) in [6, 6.07) is 11.9. The molecule has 0 aliphatic carbocycles. The standard InChI is InChI=1S/C24H21F2N5O2/c25-19-4-5-20(27)22(26)21(19)24(32)30-15-11-17-18(13-29-23(17)28-12-15)14-2-1-3-16(10-14)31-6-8-33-9-7-31/h1-5,10-13H,6-9,27H2,(H,28,29)(H,30,32). The van der Waals surface area contributed by atoms with E-state index in [0.717, 1.165) is 47.4 Å². The van der Waals surface area contributed by atoms with Gasteiger partial charge in [-0.15, -0.1) is 0 Å². The highest BCUT2D eigenvalue weighted by Crippen LogP contribution is 2.32. The summed E-state index contributed by atoms with van der Waals surface area (Å²) < 4.78 is 33.7. The molecule has 4 aromatic rings. The zero-order chi connectivity index (χ0) is 22.9. The minimum Gasteiger partial charge on any atom is -0.396 e. The van der Waals surface area contributed by atoms with E-state index in [4.69, 9.17) is 10.5 Å². The van der Waals surface area contributed by atoms with Gasteiger partial charge in [-0.1, -0.05) is 12.1 Å². The molecule has 9 heteroatoms. The lowest BCUT2D eigenvalue weighted by atomic mass is 10.0. The highest BCUT2D eigenvalue weighted by atomic mass is 19.1. The first-order chi connectivity index (χ1) is 16.0. The van der Waals surface area contributed by atoms with E-state index >= 15 is 0 Å². The van der Waals surface area contributed by atoms with Gasteiger partial charge in [-0.2, -0.15) is 0 Å². The van der Waals surface area contributed by atoms with Crippen molar-refractivity contribution in [1.82, 2.24) is 9.97 Å². The van der Waals surface area contributed by atoms with Gasteiger partial charge < -0.3 is 25.7 Å². The number of amides is 1. The van der Waals surface area contributed by atoms with Gasteiger partial charge in [-0.3, -0.25) is 4.79 Å². The molecule has 1 aliphatic heterocycles. The van der Waals surface area contributed by atoms with Crippen LogP contribution in [0.5, 0.6) is 0 Å². The van der Waals surface area contributed by atoms with E-state index in [1.165, 1.54) is 6.20 Å². The molecular formula is C24H21F2N5O2. The van der Waals surface area contributed by atoms with Crippen LogP contribution in [0.2, 0.25) is 0 Å². The van der Waals surface area contributed by atoms with Crippen LogP contribution in [0, 0.1) is 11.6 Å². The van der Waals surface area contributed by atoms with Crippen LogP contribution >= 0.6 is 0 Å². The molecule has 0 saturated carbocycles. The van der Waals surface area contributed by atoms with Gasteiger partial charge in [-0.25, -0.2) is 13.8 Å². The van der Waals surface area contributed by atoms with Crippen molar-refractivity contribution in [3.8, 4) is 11.1 Å². The zero-order valence-corrected chi connectivity index (χ0v) is 17.6. The number of nitrogens with one attached hydrogen (secondary N) is 2. The summed E-state index contributed by atoms with van der Waals surface area (Å²) in [6.07, 6.45) is 3.27. The second kappa shape index (κ2) is 8.51. The summed E-state index contributed by atoms with van der Waals surface area (Å²) in [5.74, 6) is -3.02. The average Bonchev–Trinajstić information content (AvgIpc) is 3.26. The molecule has 3 heterocycles. The number of hydrogen-bond donors (Lipinski definition) is 3. The van der Waals surface area contributed by atoms with Gasteiger partial charge in [-0.05, 0) is 35.9 Å². The van der Waals surface area contributed by atoms with Crippen molar-refractivity contribution in [3.05, 3.63) is 72.1 Å². The van der Waals surface area contributed by atoms with E-state index in [2.05, 4.69) is 32.3 Å². The maximum absolute atomic E-state index is 14.2. The first-order valence-corrected chi connectivity index (χ1v) is 10.5. The number of anilines is 3. The average molecular weight is 449 g/mol. The number of rotatable bonds is 4.